The Morgan fingerprint density at radius 3 is 2.80 bits per heavy atom. The number of fused-ring (bicyclic) bond motifs is 1. The van der Waals surface area contributed by atoms with Crippen molar-refractivity contribution in [1.29, 1.82) is 0 Å². The Kier molecular flexibility index (Phi) is 3.19. The number of nitro groups is 1. The molecule has 6 nitrogen and oxygen atoms in total. The Morgan fingerprint density at radius 2 is 2.15 bits per heavy atom. The number of nitrogens with zero attached hydrogens (tertiary/aromatic N) is 4. The van der Waals surface area contributed by atoms with E-state index in [0.717, 1.165) is 14.9 Å². The molecular weight excluding hydrogens is 296 g/mol. The molecule has 102 valence electrons. The van der Waals surface area contributed by atoms with E-state index in [1.165, 1.54) is 27.5 Å². The summed E-state index contributed by atoms with van der Waals surface area (Å²) in [6.07, 6.45) is 1.64. The Labute approximate surface area is 122 Å². The van der Waals surface area contributed by atoms with Crippen LogP contribution in [0.15, 0.2) is 33.8 Å². The SMILES string of the molecule is Cc1nc(Sc2nc3ccccn3c2[N+](=O)[O-])sc1C. The van der Waals surface area contributed by atoms with Crippen LogP contribution in [0.3, 0.4) is 0 Å². The molecule has 0 aliphatic heterocycles. The molecule has 0 atom stereocenters. The van der Waals surface area contributed by atoms with Crippen molar-refractivity contribution in [2.24, 2.45) is 0 Å². The zero-order valence-electron chi connectivity index (χ0n) is 10.7. The molecule has 3 rings (SSSR count). The van der Waals surface area contributed by atoms with Crippen molar-refractivity contribution in [1.82, 2.24) is 14.4 Å². The fraction of sp³-hybridized carbons (Fsp3) is 0.167. The molecule has 8 heteroatoms. The van der Waals surface area contributed by atoms with E-state index in [1.807, 2.05) is 13.8 Å². The Hall–Kier alpha value is -1.93. The van der Waals surface area contributed by atoms with Gasteiger partial charge >= 0.3 is 5.82 Å². The number of pyridine rings is 1. The first-order valence-electron chi connectivity index (χ1n) is 5.79. The van der Waals surface area contributed by atoms with E-state index < -0.39 is 4.92 Å². The van der Waals surface area contributed by atoms with Crippen LogP contribution < -0.4 is 0 Å². The van der Waals surface area contributed by atoms with Crippen LogP contribution in [-0.2, 0) is 0 Å². The number of imidazole rings is 1. The van der Waals surface area contributed by atoms with Crippen molar-refractivity contribution in [2.75, 3.05) is 0 Å². The van der Waals surface area contributed by atoms with E-state index in [-0.39, 0.29) is 5.82 Å². The van der Waals surface area contributed by atoms with E-state index >= 15 is 0 Å². The third-order valence-electron chi connectivity index (χ3n) is 2.84. The minimum atomic E-state index is -0.407. The van der Waals surface area contributed by atoms with E-state index in [0.29, 0.717) is 10.7 Å². The van der Waals surface area contributed by atoms with Gasteiger partial charge in [0, 0.05) is 10.9 Å². The molecule has 0 aliphatic rings. The van der Waals surface area contributed by atoms with Crippen LogP contribution in [0.4, 0.5) is 5.82 Å². The molecule has 0 fully saturated rings. The van der Waals surface area contributed by atoms with Gasteiger partial charge in [-0.3, -0.25) is 0 Å². The molecule has 0 unspecified atom stereocenters. The molecule has 0 saturated heterocycles. The summed E-state index contributed by atoms with van der Waals surface area (Å²) < 4.78 is 2.25. The molecule has 0 amide bonds. The molecule has 0 saturated carbocycles. The summed E-state index contributed by atoms with van der Waals surface area (Å²) in [6, 6.07) is 5.29. The monoisotopic (exact) mass is 306 g/mol. The molecule has 0 spiro atoms. The maximum absolute atomic E-state index is 11.3. The van der Waals surface area contributed by atoms with Gasteiger partial charge in [-0.1, -0.05) is 6.07 Å². The summed E-state index contributed by atoms with van der Waals surface area (Å²) in [6.45, 7) is 3.91. The van der Waals surface area contributed by atoms with Gasteiger partial charge in [-0.15, -0.1) is 11.3 Å². The molecule has 0 aromatic carbocycles. The third-order valence-corrected chi connectivity index (χ3v) is 4.94. The van der Waals surface area contributed by atoms with Gasteiger partial charge in [0.25, 0.3) is 0 Å². The van der Waals surface area contributed by atoms with Gasteiger partial charge in [-0.25, -0.2) is 4.98 Å². The molecule has 0 bridgehead atoms. The van der Waals surface area contributed by atoms with Crippen molar-refractivity contribution in [2.45, 2.75) is 23.2 Å². The maximum Gasteiger partial charge on any atom is 0.362 e. The van der Waals surface area contributed by atoms with Crippen molar-refractivity contribution in [3.05, 3.63) is 45.1 Å². The van der Waals surface area contributed by atoms with Crippen LogP contribution in [0.2, 0.25) is 0 Å². The van der Waals surface area contributed by atoms with E-state index in [1.54, 1.807) is 24.4 Å². The van der Waals surface area contributed by atoms with Gasteiger partial charge in [-0.2, -0.15) is 9.38 Å². The minimum Gasteiger partial charge on any atom is -0.358 e. The molecule has 3 aromatic rings. The predicted octanol–water partition coefficient (Wildman–Crippen LogP) is 3.47. The first-order valence-corrected chi connectivity index (χ1v) is 7.43. The minimum absolute atomic E-state index is 0.0175. The fourth-order valence-corrected chi connectivity index (χ4v) is 3.93. The first-order chi connectivity index (χ1) is 9.56. The van der Waals surface area contributed by atoms with Crippen molar-refractivity contribution in [3.8, 4) is 0 Å². The maximum atomic E-state index is 11.3. The average molecular weight is 306 g/mol. The third kappa shape index (κ3) is 2.16. The molecule has 3 aromatic heterocycles. The van der Waals surface area contributed by atoms with Gasteiger partial charge in [0.2, 0.25) is 10.7 Å². The van der Waals surface area contributed by atoms with E-state index in [9.17, 15) is 10.1 Å². The highest BCUT2D eigenvalue weighted by molar-refractivity contribution is 8.01. The van der Waals surface area contributed by atoms with Crippen LogP contribution in [0.25, 0.3) is 5.65 Å². The highest BCUT2D eigenvalue weighted by Gasteiger charge is 2.24. The number of hydrogen-bond acceptors (Lipinski definition) is 6. The first kappa shape index (κ1) is 13.1. The quantitative estimate of drug-likeness (QED) is 0.547. The number of rotatable bonds is 3. The highest BCUT2D eigenvalue weighted by Crippen LogP contribution is 2.37. The lowest BCUT2D eigenvalue weighted by Gasteiger charge is -1.95. The van der Waals surface area contributed by atoms with Gasteiger partial charge in [0.1, 0.15) is 0 Å². The normalized spacial score (nSPS) is 11.1. The summed E-state index contributed by atoms with van der Waals surface area (Å²) in [4.78, 5) is 20.7. The van der Waals surface area contributed by atoms with Crippen molar-refractivity contribution >= 4 is 34.6 Å². The molecule has 3 heterocycles. The zero-order valence-corrected chi connectivity index (χ0v) is 12.4. The van der Waals surface area contributed by atoms with Crippen LogP contribution in [0, 0.1) is 24.0 Å². The van der Waals surface area contributed by atoms with Crippen LogP contribution in [0.5, 0.6) is 0 Å². The van der Waals surface area contributed by atoms with Crippen LogP contribution >= 0.6 is 23.1 Å². The lowest BCUT2D eigenvalue weighted by molar-refractivity contribution is -0.393. The number of aryl methyl sites for hydroxylation is 2. The van der Waals surface area contributed by atoms with Crippen molar-refractivity contribution < 1.29 is 4.92 Å². The molecular formula is C12H10N4O2S2. The van der Waals surface area contributed by atoms with Gasteiger partial charge in [0.15, 0.2) is 4.34 Å². The molecule has 0 radical (unpaired) electrons. The predicted molar refractivity (Wildman–Crippen MR) is 77.6 cm³/mol. The molecule has 0 N–H and O–H groups in total. The highest BCUT2D eigenvalue weighted by atomic mass is 32.2. The Morgan fingerprint density at radius 1 is 1.35 bits per heavy atom. The van der Waals surface area contributed by atoms with Gasteiger partial charge < -0.3 is 10.1 Å². The van der Waals surface area contributed by atoms with Gasteiger partial charge in [-0.05, 0) is 36.6 Å². The lowest BCUT2D eigenvalue weighted by Crippen LogP contribution is -1.94. The summed E-state index contributed by atoms with van der Waals surface area (Å²) in [5.74, 6) is -0.0175. The number of hydrogen-bond donors (Lipinski definition) is 0. The summed E-state index contributed by atoms with van der Waals surface area (Å²) in [5.41, 5.74) is 1.51. The van der Waals surface area contributed by atoms with Crippen LogP contribution in [-0.4, -0.2) is 19.3 Å². The summed E-state index contributed by atoms with van der Waals surface area (Å²) in [5, 5.41) is 11.6. The van der Waals surface area contributed by atoms with E-state index in [4.69, 9.17) is 0 Å². The summed E-state index contributed by atoms with van der Waals surface area (Å²) in [7, 11) is 0. The largest absolute Gasteiger partial charge is 0.362 e. The standard InChI is InChI=1S/C12H10N4O2S2/c1-7-8(2)19-12(13-7)20-10-11(16(17)18)15-6-4-3-5-9(15)14-10/h3-6H,1-2H3. The smallest absolute Gasteiger partial charge is 0.358 e. The van der Waals surface area contributed by atoms with Crippen molar-refractivity contribution in [3.63, 3.8) is 0 Å². The second-order valence-electron chi connectivity index (χ2n) is 4.15. The molecule has 20 heavy (non-hydrogen) atoms. The number of aromatic nitrogens is 3. The average Bonchev–Trinajstić information content (AvgIpc) is 2.90. The van der Waals surface area contributed by atoms with E-state index in [2.05, 4.69) is 9.97 Å². The topological polar surface area (TPSA) is 73.3 Å². The fourth-order valence-electron chi connectivity index (χ4n) is 1.77. The molecule has 0 aliphatic carbocycles. The van der Waals surface area contributed by atoms with Gasteiger partial charge in [0.05, 0.1) is 11.9 Å². The second kappa shape index (κ2) is 4.88. The zero-order chi connectivity index (χ0) is 14.3. The Balaban J connectivity index is 2.10. The second-order valence-corrected chi connectivity index (χ2v) is 6.59. The van der Waals surface area contributed by atoms with Crippen LogP contribution in [0.1, 0.15) is 10.6 Å². The summed E-state index contributed by atoms with van der Waals surface area (Å²) >= 11 is 2.76. The lowest BCUT2D eigenvalue weighted by atomic mass is 10.4. The Bertz CT molecular complexity index is 790. The number of thiazole rings is 1.